The summed E-state index contributed by atoms with van der Waals surface area (Å²) < 4.78 is 28.7. The Hall–Kier alpha value is -0.660. The van der Waals surface area contributed by atoms with Gasteiger partial charge in [0.25, 0.3) is 0 Å². The molecule has 0 aromatic carbocycles. The molecule has 3 atom stereocenters. The van der Waals surface area contributed by atoms with Gasteiger partial charge in [-0.25, -0.2) is 8.42 Å². The van der Waals surface area contributed by atoms with Gasteiger partial charge in [-0.2, -0.15) is 0 Å². The van der Waals surface area contributed by atoms with Crippen LogP contribution >= 0.6 is 0 Å². The Morgan fingerprint density at radius 1 is 1.32 bits per heavy atom. The maximum atomic E-state index is 12.2. The number of amides is 1. The predicted octanol–water partition coefficient (Wildman–Crippen LogP) is -0.601. The number of rotatable bonds is 2. The second-order valence-electron chi connectivity index (χ2n) is 5.53. The van der Waals surface area contributed by atoms with Crippen molar-refractivity contribution in [2.45, 2.75) is 38.5 Å². The van der Waals surface area contributed by atoms with Crippen LogP contribution < -0.4 is 5.32 Å². The first-order chi connectivity index (χ1) is 8.85. The van der Waals surface area contributed by atoms with Gasteiger partial charge in [-0.15, -0.1) is 0 Å². The first-order valence-electron chi connectivity index (χ1n) is 6.73. The van der Waals surface area contributed by atoms with Crippen molar-refractivity contribution in [2.75, 3.05) is 31.1 Å². The monoisotopic (exact) mass is 290 g/mol. The zero-order chi connectivity index (χ0) is 14.0. The molecule has 7 heteroatoms. The summed E-state index contributed by atoms with van der Waals surface area (Å²) in [4.78, 5) is 14.0. The molecule has 2 fully saturated rings. The third kappa shape index (κ3) is 4.15. The number of hydrogen-bond donors (Lipinski definition) is 1. The van der Waals surface area contributed by atoms with Crippen molar-refractivity contribution < 1.29 is 17.9 Å². The van der Waals surface area contributed by atoms with Crippen molar-refractivity contribution >= 4 is 15.7 Å². The number of morpholine rings is 1. The lowest BCUT2D eigenvalue weighted by Crippen LogP contribution is -2.52. The van der Waals surface area contributed by atoms with Crippen LogP contribution in [0, 0.1) is 0 Å². The van der Waals surface area contributed by atoms with Gasteiger partial charge in [0.15, 0.2) is 9.84 Å². The molecule has 0 aromatic heterocycles. The Bertz CT molecular complexity index is 427. The van der Waals surface area contributed by atoms with E-state index in [0.29, 0.717) is 19.6 Å². The van der Waals surface area contributed by atoms with Gasteiger partial charge in [-0.3, -0.25) is 4.79 Å². The molecule has 2 rings (SSSR count). The van der Waals surface area contributed by atoms with Gasteiger partial charge in [0.05, 0.1) is 23.7 Å². The summed E-state index contributed by atoms with van der Waals surface area (Å²) in [5.74, 6) is 0.244. The molecule has 2 aliphatic heterocycles. The van der Waals surface area contributed by atoms with Crippen molar-refractivity contribution in [2.24, 2.45) is 0 Å². The maximum Gasteiger partial charge on any atom is 0.224 e. The van der Waals surface area contributed by atoms with Crippen LogP contribution in [-0.4, -0.2) is 68.6 Å². The zero-order valence-corrected chi connectivity index (χ0v) is 12.3. The zero-order valence-electron chi connectivity index (χ0n) is 11.5. The van der Waals surface area contributed by atoms with Crippen LogP contribution in [0.25, 0.3) is 0 Å². The molecule has 0 aromatic rings. The van der Waals surface area contributed by atoms with E-state index in [1.54, 1.807) is 4.90 Å². The summed E-state index contributed by atoms with van der Waals surface area (Å²) in [5, 5.41) is 3.11. The minimum absolute atomic E-state index is 0.0107. The molecule has 2 aliphatic rings. The van der Waals surface area contributed by atoms with E-state index in [-0.39, 0.29) is 42.1 Å². The molecule has 19 heavy (non-hydrogen) atoms. The lowest BCUT2D eigenvalue weighted by Gasteiger charge is -2.36. The number of carbonyl (C=O) groups is 1. The lowest BCUT2D eigenvalue weighted by molar-refractivity contribution is -0.143. The van der Waals surface area contributed by atoms with Crippen molar-refractivity contribution in [3.05, 3.63) is 0 Å². The normalized spacial score (nSPS) is 35.1. The van der Waals surface area contributed by atoms with E-state index in [0.717, 1.165) is 0 Å². The van der Waals surface area contributed by atoms with E-state index in [1.807, 2.05) is 13.8 Å². The summed E-state index contributed by atoms with van der Waals surface area (Å²) >= 11 is 0. The highest BCUT2D eigenvalue weighted by Gasteiger charge is 2.30. The molecule has 0 aliphatic carbocycles. The highest BCUT2D eigenvalue weighted by atomic mass is 32.2. The number of carbonyl (C=O) groups excluding carboxylic acids is 1. The van der Waals surface area contributed by atoms with Crippen LogP contribution in [0.15, 0.2) is 0 Å². The van der Waals surface area contributed by atoms with E-state index in [2.05, 4.69) is 5.32 Å². The molecular weight excluding hydrogens is 268 g/mol. The van der Waals surface area contributed by atoms with Crippen LogP contribution in [0.3, 0.4) is 0 Å². The third-order valence-electron chi connectivity index (χ3n) is 3.49. The largest absolute Gasteiger partial charge is 0.372 e. The molecule has 1 amide bonds. The minimum atomic E-state index is -2.99. The molecule has 1 N–H and O–H groups in total. The van der Waals surface area contributed by atoms with Crippen LogP contribution in [0.1, 0.15) is 20.3 Å². The summed E-state index contributed by atoms with van der Waals surface area (Å²) in [6.07, 6.45) is 0.324. The standard InChI is InChI=1S/C12H22N2O4S/c1-9-6-14(7-10(2)18-9)12(15)5-11-8-19(16,17)4-3-13-11/h9-11,13H,3-8H2,1-2H3. The second kappa shape index (κ2) is 5.76. The highest BCUT2D eigenvalue weighted by molar-refractivity contribution is 7.91. The first kappa shape index (κ1) is 14.7. The van der Waals surface area contributed by atoms with Gasteiger partial charge < -0.3 is 15.0 Å². The number of sulfone groups is 1. The van der Waals surface area contributed by atoms with Gasteiger partial charge in [0.1, 0.15) is 0 Å². The Balaban J connectivity index is 1.90. The minimum Gasteiger partial charge on any atom is -0.372 e. The highest BCUT2D eigenvalue weighted by Crippen LogP contribution is 2.13. The summed E-state index contributed by atoms with van der Waals surface area (Å²) in [5.41, 5.74) is 0. The molecule has 3 unspecified atom stereocenters. The first-order valence-corrected chi connectivity index (χ1v) is 8.55. The van der Waals surface area contributed by atoms with Gasteiger partial charge in [-0.1, -0.05) is 0 Å². The molecule has 0 spiro atoms. The Kier molecular flexibility index (Phi) is 4.47. The number of nitrogens with zero attached hydrogens (tertiary/aromatic N) is 1. The van der Waals surface area contributed by atoms with E-state index >= 15 is 0 Å². The topological polar surface area (TPSA) is 75.7 Å². The van der Waals surface area contributed by atoms with Gasteiger partial charge >= 0.3 is 0 Å². The van der Waals surface area contributed by atoms with Crippen LogP contribution in [0.5, 0.6) is 0 Å². The third-order valence-corrected chi connectivity index (χ3v) is 5.23. The SMILES string of the molecule is CC1CN(C(=O)CC2CS(=O)(=O)CCN2)CC(C)O1. The van der Waals surface area contributed by atoms with E-state index < -0.39 is 9.84 Å². The van der Waals surface area contributed by atoms with Crippen molar-refractivity contribution in [3.63, 3.8) is 0 Å². The predicted molar refractivity (Wildman–Crippen MR) is 71.7 cm³/mol. The molecule has 0 bridgehead atoms. The molecule has 6 nitrogen and oxygen atoms in total. The number of hydrogen-bond acceptors (Lipinski definition) is 5. The fraction of sp³-hybridized carbons (Fsp3) is 0.917. The number of nitrogens with one attached hydrogen (secondary N) is 1. The summed E-state index contributed by atoms with van der Waals surface area (Å²) in [7, 11) is -2.99. The molecular formula is C12H22N2O4S. The second-order valence-corrected chi connectivity index (χ2v) is 7.75. The Morgan fingerprint density at radius 3 is 2.53 bits per heavy atom. The van der Waals surface area contributed by atoms with Crippen molar-refractivity contribution in [1.82, 2.24) is 10.2 Å². The fourth-order valence-electron chi connectivity index (χ4n) is 2.72. The average Bonchev–Trinajstić information content (AvgIpc) is 2.26. The fourth-order valence-corrected chi connectivity index (χ4v) is 4.16. The average molecular weight is 290 g/mol. The van der Waals surface area contributed by atoms with Gasteiger partial charge in [0.2, 0.25) is 5.91 Å². The van der Waals surface area contributed by atoms with Crippen LogP contribution in [0.4, 0.5) is 0 Å². The molecule has 2 saturated heterocycles. The van der Waals surface area contributed by atoms with E-state index in [1.165, 1.54) is 0 Å². The molecule has 2 heterocycles. The van der Waals surface area contributed by atoms with Crippen molar-refractivity contribution in [3.8, 4) is 0 Å². The van der Waals surface area contributed by atoms with E-state index in [9.17, 15) is 13.2 Å². The molecule has 0 saturated carbocycles. The Labute approximate surface area is 114 Å². The maximum absolute atomic E-state index is 12.2. The van der Waals surface area contributed by atoms with E-state index in [4.69, 9.17) is 4.74 Å². The summed E-state index contributed by atoms with van der Waals surface area (Å²) in [6, 6.07) is -0.250. The molecule has 0 radical (unpaired) electrons. The lowest BCUT2D eigenvalue weighted by atomic mass is 10.1. The smallest absolute Gasteiger partial charge is 0.224 e. The Morgan fingerprint density at radius 2 is 1.95 bits per heavy atom. The molecule has 110 valence electrons. The van der Waals surface area contributed by atoms with Gasteiger partial charge in [-0.05, 0) is 13.8 Å². The van der Waals surface area contributed by atoms with Crippen LogP contribution in [-0.2, 0) is 19.4 Å². The van der Waals surface area contributed by atoms with Crippen LogP contribution in [0.2, 0.25) is 0 Å². The quantitative estimate of drug-likeness (QED) is 0.735. The van der Waals surface area contributed by atoms with Gasteiger partial charge in [0, 0.05) is 32.1 Å². The number of ether oxygens (including phenoxy) is 1. The summed E-state index contributed by atoms with van der Waals surface area (Å²) in [6.45, 7) is 5.50. The van der Waals surface area contributed by atoms with Crippen molar-refractivity contribution in [1.29, 1.82) is 0 Å².